The second kappa shape index (κ2) is 3.64. The Labute approximate surface area is 83.2 Å². The van der Waals surface area contributed by atoms with E-state index in [-0.39, 0.29) is 6.04 Å². The maximum Gasteiger partial charge on any atom is 0.0879 e. The third-order valence-corrected chi connectivity index (χ3v) is 2.31. The van der Waals surface area contributed by atoms with E-state index in [1.165, 1.54) is 0 Å². The first-order valence-corrected chi connectivity index (χ1v) is 4.57. The van der Waals surface area contributed by atoms with E-state index in [2.05, 4.69) is 4.98 Å². The van der Waals surface area contributed by atoms with Crippen molar-refractivity contribution in [2.24, 2.45) is 12.8 Å². The molecule has 0 radical (unpaired) electrons. The van der Waals surface area contributed by atoms with Crippen LogP contribution in [0.25, 0.3) is 0 Å². The average Bonchev–Trinajstić information content (AvgIpc) is 2.65. The van der Waals surface area contributed by atoms with Gasteiger partial charge in [0.05, 0.1) is 11.7 Å². The first-order chi connectivity index (χ1) is 6.79. The van der Waals surface area contributed by atoms with Gasteiger partial charge in [-0.2, -0.15) is 0 Å². The second-order valence-electron chi connectivity index (χ2n) is 3.28. The Kier molecular flexibility index (Phi) is 2.33. The zero-order chi connectivity index (χ0) is 9.97. The van der Waals surface area contributed by atoms with Gasteiger partial charge in [-0.3, -0.25) is 4.98 Å². The summed E-state index contributed by atoms with van der Waals surface area (Å²) in [6.07, 6.45) is 3.75. The summed E-state index contributed by atoms with van der Waals surface area (Å²) in [4.78, 5) is 4.24. The van der Waals surface area contributed by atoms with Gasteiger partial charge in [0.2, 0.25) is 0 Å². The third-order valence-electron chi connectivity index (χ3n) is 2.31. The number of rotatable bonds is 2. The monoisotopic (exact) mass is 187 g/mol. The Bertz CT molecular complexity index is 405. The predicted octanol–water partition coefficient (Wildman–Crippen LogP) is 1.47. The molecule has 1 unspecified atom stereocenters. The van der Waals surface area contributed by atoms with E-state index in [4.69, 9.17) is 5.73 Å². The molecule has 2 rings (SSSR count). The normalized spacial score (nSPS) is 12.7. The van der Waals surface area contributed by atoms with Crippen molar-refractivity contribution < 1.29 is 0 Å². The molecule has 3 nitrogen and oxygen atoms in total. The fourth-order valence-corrected chi connectivity index (χ4v) is 1.51. The summed E-state index contributed by atoms with van der Waals surface area (Å²) in [6.45, 7) is 0. The number of hydrogen-bond donors (Lipinski definition) is 1. The molecule has 2 heterocycles. The molecule has 2 aromatic rings. The van der Waals surface area contributed by atoms with Gasteiger partial charge in [0.15, 0.2) is 0 Å². The summed E-state index contributed by atoms with van der Waals surface area (Å²) in [6, 6.07) is 9.64. The molecule has 0 aliphatic rings. The molecule has 1 atom stereocenters. The number of nitrogens with zero attached hydrogens (tertiary/aromatic N) is 2. The van der Waals surface area contributed by atoms with Crippen LogP contribution < -0.4 is 5.73 Å². The van der Waals surface area contributed by atoms with Gasteiger partial charge in [-0.15, -0.1) is 0 Å². The van der Waals surface area contributed by atoms with Crippen LogP contribution in [0.2, 0.25) is 0 Å². The summed E-state index contributed by atoms with van der Waals surface area (Å²) in [5.74, 6) is 0. The standard InChI is InChI=1S/C11H13N3/c1-14-8-4-6-10(14)11(12)9-5-2-3-7-13-9/h2-8,11H,12H2,1H3. The van der Waals surface area contributed by atoms with Crippen molar-refractivity contribution in [1.29, 1.82) is 0 Å². The number of nitrogens with two attached hydrogens (primary N) is 1. The van der Waals surface area contributed by atoms with E-state index < -0.39 is 0 Å². The molecule has 2 aromatic heterocycles. The van der Waals surface area contributed by atoms with E-state index in [0.29, 0.717) is 0 Å². The summed E-state index contributed by atoms with van der Waals surface area (Å²) < 4.78 is 2.01. The minimum absolute atomic E-state index is 0.142. The van der Waals surface area contributed by atoms with Crippen LogP contribution in [-0.4, -0.2) is 9.55 Å². The zero-order valence-electron chi connectivity index (χ0n) is 8.09. The highest BCUT2D eigenvalue weighted by Crippen LogP contribution is 2.16. The molecule has 2 N–H and O–H groups in total. The van der Waals surface area contributed by atoms with Crippen molar-refractivity contribution in [1.82, 2.24) is 9.55 Å². The molecule has 0 saturated heterocycles. The molecule has 14 heavy (non-hydrogen) atoms. The quantitative estimate of drug-likeness (QED) is 0.773. The van der Waals surface area contributed by atoms with Crippen LogP contribution in [0.1, 0.15) is 17.4 Å². The molecule has 72 valence electrons. The van der Waals surface area contributed by atoms with Crippen LogP contribution in [0, 0.1) is 0 Å². The van der Waals surface area contributed by atoms with E-state index in [1.54, 1.807) is 6.20 Å². The molecule has 0 aliphatic heterocycles. The minimum atomic E-state index is -0.142. The van der Waals surface area contributed by atoms with Gasteiger partial charge in [-0.05, 0) is 24.3 Å². The Morgan fingerprint density at radius 2 is 2.14 bits per heavy atom. The summed E-state index contributed by atoms with van der Waals surface area (Å²) in [7, 11) is 1.98. The van der Waals surface area contributed by atoms with Gasteiger partial charge in [-0.1, -0.05) is 6.07 Å². The SMILES string of the molecule is Cn1cccc1C(N)c1ccccn1. The lowest BCUT2D eigenvalue weighted by molar-refractivity contribution is 0.728. The lowest BCUT2D eigenvalue weighted by Crippen LogP contribution is -2.16. The number of aromatic nitrogens is 2. The van der Waals surface area contributed by atoms with E-state index in [0.717, 1.165) is 11.4 Å². The Hall–Kier alpha value is -1.61. The van der Waals surface area contributed by atoms with Crippen LogP contribution in [0.3, 0.4) is 0 Å². The number of hydrogen-bond acceptors (Lipinski definition) is 2. The molecule has 0 fully saturated rings. The molecular formula is C11H13N3. The molecule has 0 amide bonds. The summed E-state index contributed by atoms with van der Waals surface area (Å²) >= 11 is 0. The van der Waals surface area contributed by atoms with Crippen molar-refractivity contribution in [3.05, 3.63) is 54.1 Å². The fourth-order valence-electron chi connectivity index (χ4n) is 1.51. The molecule has 0 bridgehead atoms. The smallest absolute Gasteiger partial charge is 0.0879 e. The van der Waals surface area contributed by atoms with Crippen molar-refractivity contribution in [3.8, 4) is 0 Å². The van der Waals surface area contributed by atoms with Gasteiger partial charge in [-0.25, -0.2) is 0 Å². The summed E-state index contributed by atoms with van der Waals surface area (Å²) in [5.41, 5.74) is 8.05. The highest BCUT2D eigenvalue weighted by Gasteiger charge is 2.11. The fraction of sp³-hybridized carbons (Fsp3) is 0.182. The Balaban J connectivity index is 2.34. The van der Waals surface area contributed by atoms with Crippen molar-refractivity contribution in [2.45, 2.75) is 6.04 Å². The second-order valence-corrected chi connectivity index (χ2v) is 3.28. The first-order valence-electron chi connectivity index (χ1n) is 4.57. The number of pyridine rings is 1. The van der Waals surface area contributed by atoms with E-state index >= 15 is 0 Å². The van der Waals surface area contributed by atoms with Crippen LogP contribution in [0.4, 0.5) is 0 Å². The lowest BCUT2D eigenvalue weighted by Gasteiger charge is -2.11. The van der Waals surface area contributed by atoms with Gasteiger partial charge in [0.1, 0.15) is 0 Å². The average molecular weight is 187 g/mol. The minimum Gasteiger partial charge on any atom is -0.353 e. The Morgan fingerprint density at radius 1 is 1.29 bits per heavy atom. The largest absolute Gasteiger partial charge is 0.353 e. The van der Waals surface area contributed by atoms with Crippen LogP contribution in [0.5, 0.6) is 0 Å². The number of aryl methyl sites for hydroxylation is 1. The van der Waals surface area contributed by atoms with Crippen LogP contribution in [-0.2, 0) is 7.05 Å². The van der Waals surface area contributed by atoms with Gasteiger partial charge < -0.3 is 10.3 Å². The molecule has 3 heteroatoms. The van der Waals surface area contributed by atoms with E-state index in [9.17, 15) is 0 Å². The molecule has 0 aliphatic carbocycles. The first kappa shape index (κ1) is 8.97. The van der Waals surface area contributed by atoms with Crippen LogP contribution in [0.15, 0.2) is 42.7 Å². The highest BCUT2D eigenvalue weighted by atomic mass is 15.0. The highest BCUT2D eigenvalue weighted by molar-refractivity contribution is 5.22. The van der Waals surface area contributed by atoms with E-state index in [1.807, 2.05) is 48.1 Å². The van der Waals surface area contributed by atoms with Crippen molar-refractivity contribution >= 4 is 0 Å². The van der Waals surface area contributed by atoms with Gasteiger partial charge >= 0.3 is 0 Å². The third kappa shape index (κ3) is 1.54. The van der Waals surface area contributed by atoms with Crippen LogP contribution >= 0.6 is 0 Å². The van der Waals surface area contributed by atoms with Gasteiger partial charge in [0, 0.05) is 25.1 Å². The lowest BCUT2D eigenvalue weighted by atomic mass is 10.1. The van der Waals surface area contributed by atoms with Crippen molar-refractivity contribution in [3.63, 3.8) is 0 Å². The maximum atomic E-state index is 6.08. The van der Waals surface area contributed by atoms with Crippen molar-refractivity contribution in [2.75, 3.05) is 0 Å². The molecular weight excluding hydrogens is 174 g/mol. The summed E-state index contributed by atoms with van der Waals surface area (Å²) in [5, 5.41) is 0. The predicted molar refractivity (Wildman–Crippen MR) is 55.7 cm³/mol. The topological polar surface area (TPSA) is 43.8 Å². The molecule has 0 aromatic carbocycles. The Morgan fingerprint density at radius 3 is 2.71 bits per heavy atom. The zero-order valence-corrected chi connectivity index (χ0v) is 8.09. The molecule has 0 saturated carbocycles. The molecule has 0 spiro atoms. The maximum absolute atomic E-state index is 6.08. The van der Waals surface area contributed by atoms with Gasteiger partial charge in [0.25, 0.3) is 0 Å².